The Morgan fingerprint density at radius 3 is 2.24 bits per heavy atom. The Morgan fingerprint density at radius 2 is 1.60 bits per heavy atom. The molecule has 13 heteroatoms. The molecule has 10 nitrogen and oxygen atoms in total. The number of benzene rings is 3. The smallest absolute Gasteiger partial charge is 0.347 e. The number of hydrogen-bond acceptors (Lipinski definition) is 11. The van der Waals surface area contributed by atoms with Gasteiger partial charge in [0.2, 0.25) is 0 Å². The summed E-state index contributed by atoms with van der Waals surface area (Å²) in [5.74, 6) is -2.16. The highest BCUT2D eigenvalue weighted by atomic mass is 32.9. The van der Waals surface area contributed by atoms with Crippen LogP contribution in [0.3, 0.4) is 0 Å². The molecule has 1 aromatic heterocycles. The van der Waals surface area contributed by atoms with Crippen LogP contribution in [0.1, 0.15) is 53.8 Å². The summed E-state index contributed by atoms with van der Waals surface area (Å²) in [7, 11) is 3.08. The lowest BCUT2D eigenvalue weighted by atomic mass is 10.1. The van der Waals surface area contributed by atoms with E-state index in [0.717, 1.165) is 20.7 Å². The highest BCUT2D eigenvalue weighted by Crippen LogP contribution is 2.32. The number of rotatable bonds is 13. The van der Waals surface area contributed by atoms with E-state index in [9.17, 15) is 19.2 Å². The lowest BCUT2D eigenvalue weighted by Crippen LogP contribution is -2.25. The van der Waals surface area contributed by atoms with E-state index in [1.54, 1.807) is 40.7 Å². The minimum Gasteiger partial charge on any atom is -0.481 e. The average Bonchev–Trinajstić information content (AvgIpc) is 3.46. The van der Waals surface area contributed by atoms with Gasteiger partial charge in [-0.05, 0) is 84.3 Å². The first kappa shape index (κ1) is 33.3. The van der Waals surface area contributed by atoms with Crippen LogP contribution in [0.2, 0.25) is 0 Å². The molecular formula is C32H29N3O7S3. The van der Waals surface area contributed by atoms with Crippen molar-refractivity contribution >= 4 is 68.1 Å². The summed E-state index contributed by atoms with van der Waals surface area (Å²) < 4.78 is 12.0. The molecule has 3 aromatic carbocycles. The van der Waals surface area contributed by atoms with Gasteiger partial charge in [0.15, 0.2) is 0 Å². The maximum absolute atomic E-state index is 13.3. The predicted molar refractivity (Wildman–Crippen MR) is 175 cm³/mol. The molecule has 1 heterocycles. The fourth-order valence-corrected chi connectivity index (χ4v) is 6.23. The van der Waals surface area contributed by atoms with Crippen molar-refractivity contribution in [2.24, 2.45) is 16.1 Å². The van der Waals surface area contributed by atoms with Gasteiger partial charge in [-0.25, -0.2) is 4.79 Å². The molecule has 1 atom stereocenters. The zero-order chi connectivity index (χ0) is 32.3. The number of esters is 2. The maximum atomic E-state index is 13.3. The predicted octanol–water partition coefficient (Wildman–Crippen LogP) is 8.39. The summed E-state index contributed by atoms with van der Waals surface area (Å²) in [6.07, 6.45) is 0.814. The van der Waals surface area contributed by atoms with E-state index in [-0.39, 0.29) is 36.6 Å². The lowest BCUT2D eigenvalue weighted by Gasteiger charge is -2.12. The number of carboxylic acid groups (broad SMARTS) is 1. The molecule has 4 rings (SSSR count). The zero-order valence-corrected chi connectivity index (χ0v) is 26.8. The summed E-state index contributed by atoms with van der Waals surface area (Å²) in [5, 5.41) is 19.6. The van der Waals surface area contributed by atoms with Gasteiger partial charge in [-0.2, -0.15) is 10.2 Å². The molecule has 0 saturated carbocycles. The van der Waals surface area contributed by atoms with Gasteiger partial charge in [-0.3, -0.25) is 14.4 Å². The Balaban J connectivity index is 1.51. The number of carboxylic acids is 1. The summed E-state index contributed by atoms with van der Waals surface area (Å²) >= 11 is 5.21. The Morgan fingerprint density at radius 1 is 0.911 bits per heavy atom. The Hall–Kier alpha value is -4.59. The molecule has 0 radical (unpaired) electrons. The second-order valence-electron chi connectivity index (χ2n) is 9.93. The van der Waals surface area contributed by atoms with E-state index < -0.39 is 23.8 Å². The third-order valence-corrected chi connectivity index (χ3v) is 9.38. The lowest BCUT2D eigenvalue weighted by molar-refractivity contribution is -0.137. The van der Waals surface area contributed by atoms with E-state index in [2.05, 4.69) is 15.5 Å². The van der Waals surface area contributed by atoms with Crippen LogP contribution in [-0.2, 0) is 9.59 Å². The van der Waals surface area contributed by atoms with Gasteiger partial charge < -0.3 is 19.9 Å². The number of aliphatic carboxylic acids is 1. The second kappa shape index (κ2) is 15.9. The number of amides is 1. The van der Waals surface area contributed by atoms with E-state index in [4.69, 9.17) is 26.8 Å². The maximum Gasteiger partial charge on any atom is 0.347 e. The van der Waals surface area contributed by atoms with Gasteiger partial charge >= 0.3 is 17.9 Å². The number of ether oxygens (including phenoxy) is 2. The van der Waals surface area contributed by atoms with Crippen LogP contribution in [-0.4, -0.2) is 35.5 Å². The molecule has 4 aromatic rings. The van der Waals surface area contributed by atoms with Crippen LogP contribution >= 0.6 is 32.9 Å². The minimum absolute atomic E-state index is 0.00258. The van der Waals surface area contributed by atoms with Crippen molar-refractivity contribution in [2.45, 2.75) is 33.1 Å². The Kier molecular flexibility index (Phi) is 11.8. The van der Waals surface area contributed by atoms with Gasteiger partial charge in [0.1, 0.15) is 20.9 Å². The fourth-order valence-electron chi connectivity index (χ4n) is 3.82. The first-order chi connectivity index (χ1) is 21.6. The molecule has 0 spiro atoms. The third-order valence-electron chi connectivity index (χ3n) is 6.47. The van der Waals surface area contributed by atoms with E-state index in [1.165, 1.54) is 34.6 Å². The monoisotopic (exact) mass is 663 g/mol. The van der Waals surface area contributed by atoms with E-state index in [1.807, 2.05) is 32.0 Å². The van der Waals surface area contributed by atoms with Crippen LogP contribution in [0.15, 0.2) is 83.0 Å². The van der Waals surface area contributed by atoms with Gasteiger partial charge in [0.05, 0.1) is 17.8 Å². The summed E-state index contributed by atoms with van der Waals surface area (Å²) in [6.45, 7) is 3.93. The van der Waals surface area contributed by atoms with Crippen molar-refractivity contribution in [3.05, 3.63) is 87.7 Å². The topological polar surface area (TPSA) is 144 Å². The number of nitrogens with one attached hydrogen (secondary N) is 1. The van der Waals surface area contributed by atoms with Gasteiger partial charge in [-0.15, -0.1) is 0 Å². The summed E-state index contributed by atoms with van der Waals surface area (Å²) in [5.41, 5.74) is 2.01. The zero-order valence-electron chi connectivity index (χ0n) is 24.3. The minimum atomic E-state index is -1.00. The van der Waals surface area contributed by atoms with Crippen molar-refractivity contribution in [1.82, 2.24) is 5.32 Å². The van der Waals surface area contributed by atoms with Crippen molar-refractivity contribution in [2.75, 3.05) is 6.54 Å². The molecule has 1 amide bonds. The molecule has 0 fully saturated rings. The molecule has 1 unspecified atom stereocenters. The van der Waals surface area contributed by atoms with Crippen LogP contribution in [0.25, 0.3) is 10.4 Å². The van der Waals surface area contributed by atoms with Crippen molar-refractivity contribution < 1.29 is 33.8 Å². The molecule has 0 aliphatic rings. The van der Waals surface area contributed by atoms with Crippen molar-refractivity contribution in [1.29, 1.82) is 0 Å². The average molecular weight is 664 g/mol. The first-order valence-electron chi connectivity index (χ1n) is 13.9. The van der Waals surface area contributed by atoms with Crippen LogP contribution in [0.4, 0.5) is 11.4 Å². The normalized spacial score (nSPS) is 11.6. The molecule has 0 bridgehead atoms. The molecular weight excluding hydrogens is 635 g/mol. The van der Waals surface area contributed by atoms with E-state index >= 15 is 0 Å². The second-order valence-corrected chi connectivity index (χ2v) is 12.8. The fraction of sp³-hybridized carbons (Fsp3) is 0.219. The van der Waals surface area contributed by atoms with Gasteiger partial charge in [0, 0.05) is 23.4 Å². The molecule has 2 N–H and O–H groups in total. The molecule has 0 saturated heterocycles. The Labute approximate surface area is 271 Å². The molecule has 0 aliphatic heterocycles. The third kappa shape index (κ3) is 9.96. The van der Waals surface area contributed by atoms with Crippen molar-refractivity contribution in [3.63, 3.8) is 0 Å². The van der Waals surface area contributed by atoms with Crippen LogP contribution < -0.4 is 14.8 Å². The largest absolute Gasteiger partial charge is 0.481 e. The first-order valence-corrected chi connectivity index (χ1v) is 16.5. The number of carbonyl (C=O) groups excluding carboxylic acids is 3. The SMILES string of the molecule is CCC(C)CC(=O)Oc1ccc(/N=N/c2ccc(C(=O)NCCC(=O)O)cc2)cc1C(=O)Oc1ccc(-c2cc(=S)ss2)cc1. The van der Waals surface area contributed by atoms with Gasteiger partial charge in [-0.1, -0.05) is 53.2 Å². The highest BCUT2D eigenvalue weighted by Gasteiger charge is 2.20. The van der Waals surface area contributed by atoms with Crippen LogP contribution in [0.5, 0.6) is 11.5 Å². The Bertz CT molecular complexity index is 1760. The molecule has 45 heavy (non-hydrogen) atoms. The summed E-state index contributed by atoms with van der Waals surface area (Å²) in [6, 6.07) is 19.6. The van der Waals surface area contributed by atoms with Crippen molar-refractivity contribution in [3.8, 4) is 21.9 Å². The van der Waals surface area contributed by atoms with E-state index in [0.29, 0.717) is 22.7 Å². The number of carbonyl (C=O) groups is 4. The molecule has 232 valence electrons. The quantitative estimate of drug-likeness (QED) is 0.0477. The van der Waals surface area contributed by atoms with Crippen LogP contribution in [0, 0.1) is 9.74 Å². The number of nitrogens with zero attached hydrogens (tertiary/aromatic N) is 2. The molecule has 0 aliphatic carbocycles. The standard InChI is InChI=1S/C32H29N3O7S3/c1-3-19(2)16-29(38)42-26-13-10-23(35-34-22-8-4-21(5-9-22)31(39)33-15-14-28(36)37)17-25(26)32(40)41-24-11-6-20(7-12-24)27-18-30(43)45-44-27/h4-13,17-19H,3,14-16H2,1-2H3,(H,33,39)(H,36,37)/b35-34+. The number of hydrogen-bond donors (Lipinski definition) is 2. The summed E-state index contributed by atoms with van der Waals surface area (Å²) in [4.78, 5) is 49.7. The number of azo groups is 1. The highest BCUT2D eigenvalue weighted by molar-refractivity contribution is 7.80. The van der Waals surface area contributed by atoms with Gasteiger partial charge in [0.25, 0.3) is 5.91 Å².